The number of hydrogen-bond acceptors (Lipinski definition) is 3. The second-order valence-electron chi connectivity index (χ2n) is 3.09. The zero-order chi connectivity index (χ0) is 10.7. The van der Waals surface area contributed by atoms with E-state index >= 15 is 0 Å². The third-order valence-corrected chi connectivity index (χ3v) is 2.11. The molecule has 2 aromatic heterocycles. The summed E-state index contributed by atoms with van der Waals surface area (Å²) >= 11 is 0. The standard InChI is InChI=1S/C10H11N3O2/c11-12-10(14)8-3-6-15-9(8)7-13-4-1-2-5-13/h1-6H,7,11H2,(H,12,14). The molecule has 2 rings (SSSR count). The van der Waals surface area contributed by atoms with Crippen LogP contribution < -0.4 is 11.3 Å². The number of nitrogens with one attached hydrogen (secondary N) is 1. The third-order valence-electron chi connectivity index (χ3n) is 2.11. The number of hydrogen-bond donors (Lipinski definition) is 2. The molecule has 78 valence electrons. The van der Waals surface area contributed by atoms with Crippen molar-refractivity contribution < 1.29 is 9.21 Å². The van der Waals surface area contributed by atoms with Crippen LogP contribution in [0.5, 0.6) is 0 Å². The fourth-order valence-corrected chi connectivity index (χ4v) is 1.38. The van der Waals surface area contributed by atoms with Gasteiger partial charge in [0.2, 0.25) is 0 Å². The molecule has 0 unspecified atom stereocenters. The number of carbonyl (C=O) groups is 1. The number of nitrogens with zero attached hydrogens (tertiary/aromatic N) is 1. The number of amides is 1. The molecule has 0 aromatic carbocycles. The average Bonchev–Trinajstić information content (AvgIpc) is 2.88. The Hall–Kier alpha value is -2.01. The molecule has 0 aliphatic heterocycles. The van der Waals surface area contributed by atoms with Crippen molar-refractivity contribution in [1.82, 2.24) is 9.99 Å². The number of furan rings is 1. The second kappa shape index (κ2) is 4.02. The fourth-order valence-electron chi connectivity index (χ4n) is 1.38. The molecule has 1 amide bonds. The molecule has 0 atom stereocenters. The highest BCUT2D eigenvalue weighted by atomic mass is 16.3. The van der Waals surface area contributed by atoms with Crippen molar-refractivity contribution in [3.8, 4) is 0 Å². The van der Waals surface area contributed by atoms with Crippen molar-refractivity contribution >= 4 is 5.91 Å². The van der Waals surface area contributed by atoms with Gasteiger partial charge in [0, 0.05) is 12.4 Å². The van der Waals surface area contributed by atoms with Crippen molar-refractivity contribution in [2.75, 3.05) is 0 Å². The van der Waals surface area contributed by atoms with E-state index in [1.54, 1.807) is 6.07 Å². The number of nitrogen functional groups attached to an aromatic ring is 1. The van der Waals surface area contributed by atoms with Crippen molar-refractivity contribution in [2.45, 2.75) is 6.54 Å². The largest absolute Gasteiger partial charge is 0.467 e. The molecule has 0 bridgehead atoms. The Bertz CT molecular complexity index is 445. The van der Waals surface area contributed by atoms with Crippen LogP contribution in [-0.4, -0.2) is 10.5 Å². The summed E-state index contributed by atoms with van der Waals surface area (Å²) in [5.41, 5.74) is 2.54. The van der Waals surface area contributed by atoms with Gasteiger partial charge in [-0.05, 0) is 18.2 Å². The van der Waals surface area contributed by atoms with E-state index in [0.717, 1.165) is 0 Å². The molecular formula is C10H11N3O2. The molecular weight excluding hydrogens is 194 g/mol. The maximum atomic E-state index is 11.3. The minimum Gasteiger partial charge on any atom is -0.467 e. The topological polar surface area (TPSA) is 73.2 Å². The molecule has 0 radical (unpaired) electrons. The van der Waals surface area contributed by atoms with Crippen LogP contribution in [0.15, 0.2) is 41.3 Å². The van der Waals surface area contributed by atoms with E-state index in [0.29, 0.717) is 17.9 Å². The monoisotopic (exact) mass is 205 g/mol. The molecule has 0 saturated heterocycles. The first kappa shape index (κ1) is 9.54. The van der Waals surface area contributed by atoms with E-state index in [9.17, 15) is 4.79 Å². The van der Waals surface area contributed by atoms with Gasteiger partial charge in [-0.3, -0.25) is 10.2 Å². The molecule has 3 N–H and O–H groups in total. The van der Waals surface area contributed by atoms with Crippen LogP contribution in [0, 0.1) is 0 Å². The first-order chi connectivity index (χ1) is 7.31. The van der Waals surface area contributed by atoms with Crippen LogP contribution in [0.1, 0.15) is 16.1 Å². The molecule has 15 heavy (non-hydrogen) atoms. The van der Waals surface area contributed by atoms with Gasteiger partial charge in [-0.15, -0.1) is 0 Å². The van der Waals surface area contributed by atoms with Crippen LogP contribution >= 0.6 is 0 Å². The summed E-state index contributed by atoms with van der Waals surface area (Å²) in [7, 11) is 0. The first-order valence-corrected chi connectivity index (χ1v) is 4.49. The maximum absolute atomic E-state index is 11.3. The van der Waals surface area contributed by atoms with Gasteiger partial charge < -0.3 is 8.98 Å². The van der Waals surface area contributed by atoms with E-state index in [1.807, 2.05) is 29.1 Å². The highest BCUT2D eigenvalue weighted by Gasteiger charge is 2.13. The lowest BCUT2D eigenvalue weighted by Gasteiger charge is -2.02. The van der Waals surface area contributed by atoms with Crippen LogP contribution in [-0.2, 0) is 6.54 Å². The quantitative estimate of drug-likeness (QED) is 0.441. The maximum Gasteiger partial charge on any atom is 0.268 e. The van der Waals surface area contributed by atoms with Crippen LogP contribution in [0.3, 0.4) is 0 Å². The SMILES string of the molecule is NNC(=O)c1ccoc1Cn1cccc1. The minimum absolute atomic E-state index is 0.342. The smallest absolute Gasteiger partial charge is 0.268 e. The zero-order valence-corrected chi connectivity index (χ0v) is 8.01. The number of rotatable bonds is 3. The van der Waals surface area contributed by atoms with Gasteiger partial charge in [0.1, 0.15) is 5.76 Å². The number of carbonyl (C=O) groups excluding carboxylic acids is 1. The zero-order valence-electron chi connectivity index (χ0n) is 8.01. The lowest BCUT2D eigenvalue weighted by Crippen LogP contribution is -2.30. The fraction of sp³-hybridized carbons (Fsp3) is 0.100. The minimum atomic E-state index is -0.342. The van der Waals surface area contributed by atoms with Crippen LogP contribution in [0.2, 0.25) is 0 Å². The highest BCUT2D eigenvalue weighted by Crippen LogP contribution is 2.12. The molecule has 0 saturated carbocycles. The summed E-state index contributed by atoms with van der Waals surface area (Å²) in [4.78, 5) is 11.3. The Kier molecular flexibility index (Phi) is 2.55. The highest BCUT2D eigenvalue weighted by molar-refractivity contribution is 5.94. The molecule has 0 aliphatic carbocycles. The summed E-state index contributed by atoms with van der Waals surface area (Å²) in [6.45, 7) is 0.517. The Morgan fingerprint density at radius 1 is 1.47 bits per heavy atom. The van der Waals surface area contributed by atoms with Gasteiger partial charge in [0.05, 0.1) is 18.4 Å². The number of aromatic nitrogens is 1. The van der Waals surface area contributed by atoms with Gasteiger partial charge in [0.25, 0.3) is 5.91 Å². The van der Waals surface area contributed by atoms with Gasteiger partial charge in [-0.25, -0.2) is 5.84 Å². The molecule has 5 nitrogen and oxygen atoms in total. The molecule has 2 aromatic rings. The van der Waals surface area contributed by atoms with Gasteiger partial charge >= 0.3 is 0 Å². The lowest BCUT2D eigenvalue weighted by atomic mass is 10.2. The van der Waals surface area contributed by atoms with Crippen molar-refractivity contribution in [2.24, 2.45) is 5.84 Å². The summed E-state index contributed by atoms with van der Waals surface area (Å²) in [5.74, 6) is 5.31. The van der Waals surface area contributed by atoms with E-state index < -0.39 is 0 Å². The normalized spacial score (nSPS) is 10.2. The second-order valence-corrected chi connectivity index (χ2v) is 3.09. The van der Waals surface area contributed by atoms with Crippen LogP contribution in [0.4, 0.5) is 0 Å². The predicted octanol–water partition coefficient (Wildman–Crippen LogP) is 0.733. The predicted molar refractivity (Wildman–Crippen MR) is 53.9 cm³/mol. The van der Waals surface area contributed by atoms with Gasteiger partial charge in [0.15, 0.2) is 0 Å². The van der Waals surface area contributed by atoms with Gasteiger partial charge in [-0.2, -0.15) is 0 Å². The van der Waals surface area contributed by atoms with E-state index in [1.165, 1.54) is 6.26 Å². The first-order valence-electron chi connectivity index (χ1n) is 4.49. The van der Waals surface area contributed by atoms with E-state index in [2.05, 4.69) is 5.43 Å². The van der Waals surface area contributed by atoms with Crippen molar-refractivity contribution in [3.05, 3.63) is 48.2 Å². The van der Waals surface area contributed by atoms with Gasteiger partial charge in [-0.1, -0.05) is 0 Å². The summed E-state index contributed by atoms with van der Waals surface area (Å²) in [5, 5.41) is 0. The van der Waals surface area contributed by atoms with E-state index in [-0.39, 0.29) is 5.91 Å². The van der Waals surface area contributed by atoms with Crippen molar-refractivity contribution in [1.29, 1.82) is 0 Å². The Labute approximate surface area is 86.5 Å². The molecule has 0 aliphatic rings. The lowest BCUT2D eigenvalue weighted by molar-refractivity contribution is 0.0951. The third kappa shape index (κ3) is 1.92. The molecule has 2 heterocycles. The Balaban J connectivity index is 2.22. The summed E-state index contributed by atoms with van der Waals surface area (Å²) < 4.78 is 7.13. The number of nitrogens with two attached hydrogens (primary N) is 1. The van der Waals surface area contributed by atoms with E-state index in [4.69, 9.17) is 10.3 Å². The average molecular weight is 205 g/mol. The molecule has 0 spiro atoms. The Morgan fingerprint density at radius 3 is 2.87 bits per heavy atom. The summed E-state index contributed by atoms with van der Waals surface area (Å²) in [6, 6.07) is 5.41. The van der Waals surface area contributed by atoms with Crippen molar-refractivity contribution in [3.63, 3.8) is 0 Å². The van der Waals surface area contributed by atoms with Crippen LogP contribution in [0.25, 0.3) is 0 Å². The summed E-state index contributed by atoms with van der Waals surface area (Å²) in [6.07, 6.45) is 5.27. The molecule has 5 heteroatoms. The molecule has 0 fully saturated rings. The number of hydrazine groups is 1. The Morgan fingerprint density at radius 2 is 2.20 bits per heavy atom.